The first-order chi connectivity index (χ1) is 15.2. The first-order valence-electron chi connectivity index (χ1n) is 9.44. The number of halogens is 1. The highest BCUT2D eigenvalue weighted by Gasteiger charge is 2.21. The van der Waals surface area contributed by atoms with Gasteiger partial charge in [0.05, 0.1) is 54.4 Å². The fraction of sp³-hybridized carbons (Fsp3) is 0.222. The molecule has 1 aliphatic rings. The second-order valence-corrected chi connectivity index (χ2v) is 7.04. The molecule has 1 fully saturated rings. The van der Waals surface area contributed by atoms with Crippen molar-refractivity contribution in [1.82, 2.24) is 34.6 Å². The molecule has 31 heavy (non-hydrogen) atoms. The fourth-order valence-corrected chi connectivity index (χ4v) is 3.55. The molecule has 5 rings (SSSR count). The number of carbonyl (C=O) groups excluding carboxylic acids is 1. The van der Waals surface area contributed by atoms with E-state index < -0.39 is 6.03 Å². The summed E-state index contributed by atoms with van der Waals surface area (Å²) in [6, 6.07) is 1.11. The highest BCUT2D eigenvalue weighted by molar-refractivity contribution is 6.32. The average molecular weight is 441 g/mol. The normalized spacial score (nSPS) is 14.0. The summed E-state index contributed by atoms with van der Waals surface area (Å²) < 4.78 is 7.11. The maximum absolute atomic E-state index is 12.7. The Bertz CT molecular complexity index is 1220. The number of imidazole rings is 1. The molecule has 0 unspecified atom stereocenters. The fourth-order valence-electron chi connectivity index (χ4n) is 3.31. The van der Waals surface area contributed by atoms with E-state index in [-0.39, 0.29) is 0 Å². The van der Waals surface area contributed by atoms with Gasteiger partial charge < -0.3 is 20.3 Å². The Morgan fingerprint density at radius 1 is 1.03 bits per heavy atom. The van der Waals surface area contributed by atoms with Crippen molar-refractivity contribution in [2.24, 2.45) is 0 Å². The summed E-state index contributed by atoms with van der Waals surface area (Å²) >= 11 is 6.27. The lowest BCUT2D eigenvalue weighted by molar-refractivity contribution is 0.123. The summed E-state index contributed by atoms with van der Waals surface area (Å²) in [4.78, 5) is 24.7. The van der Waals surface area contributed by atoms with E-state index in [1.807, 2.05) is 0 Å². The molecular formula is C18H17ClN10O2. The zero-order chi connectivity index (χ0) is 21.2. The molecule has 0 aromatic carbocycles. The summed E-state index contributed by atoms with van der Waals surface area (Å²) in [5.74, 6) is 0.362. The first kappa shape index (κ1) is 19.2. The minimum Gasteiger partial charge on any atom is -0.378 e. The van der Waals surface area contributed by atoms with Crippen LogP contribution in [0, 0.1) is 0 Å². The molecule has 0 atom stereocenters. The standard InChI is InChI=1S/C18H17ClN10O2/c19-13-9-12(10-21-16(13)29-22-1-2-23-29)25-18(30)26-14-11-24-28-4-3-20-17(28)15(14)27-5-7-31-8-6-27/h1-4,9-11H,5-8H2,(H2,25,26,30). The van der Waals surface area contributed by atoms with Crippen molar-refractivity contribution in [2.75, 3.05) is 41.8 Å². The average Bonchev–Trinajstić information content (AvgIpc) is 3.46. The Hall–Kier alpha value is -3.77. The van der Waals surface area contributed by atoms with Gasteiger partial charge in [0.2, 0.25) is 0 Å². The number of morpholine rings is 1. The Kier molecular flexibility index (Phi) is 5.06. The van der Waals surface area contributed by atoms with Gasteiger partial charge >= 0.3 is 6.03 Å². The van der Waals surface area contributed by atoms with Crippen LogP contribution in [0.4, 0.5) is 21.9 Å². The largest absolute Gasteiger partial charge is 0.378 e. The van der Waals surface area contributed by atoms with Crippen LogP contribution in [0.15, 0.2) is 43.2 Å². The minimum absolute atomic E-state index is 0.295. The third-order valence-corrected chi connectivity index (χ3v) is 4.94. The molecule has 4 aromatic heterocycles. The van der Waals surface area contributed by atoms with Crippen molar-refractivity contribution in [3.05, 3.63) is 48.3 Å². The van der Waals surface area contributed by atoms with Crippen LogP contribution in [0.25, 0.3) is 11.5 Å². The molecule has 1 saturated heterocycles. The molecule has 4 aromatic rings. The van der Waals surface area contributed by atoms with Gasteiger partial charge in [-0.1, -0.05) is 11.6 Å². The molecule has 0 bridgehead atoms. The lowest BCUT2D eigenvalue weighted by atomic mass is 10.3. The molecule has 12 nitrogen and oxygen atoms in total. The number of fused-ring (bicyclic) bond motifs is 1. The van der Waals surface area contributed by atoms with Gasteiger partial charge in [-0.2, -0.15) is 15.3 Å². The summed E-state index contributed by atoms with van der Waals surface area (Å²) in [6.45, 7) is 2.57. The smallest absolute Gasteiger partial charge is 0.323 e. The highest BCUT2D eigenvalue weighted by Crippen LogP contribution is 2.30. The summed E-state index contributed by atoms with van der Waals surface area (Å²) in [5, 5.41) is 18.2. The zero-order valence-electron chi connectivity index (χ0n) is 16.1. The van der Waals surface area contributed by atoms with Crippen molar-refractivity contribution >= 4 is 40.3 Å². The number of amides is 2. The van der Waals surface area contributed by atoms with E-state index in [0.717, 1.165) is 5.69 Å². The van der Waals surface area contributed by atoms with E-state index in [1.165, 1.54) is 23.4 Å². The molecule has 0 radical (unpaired) electrons. The van der Waals surface area contributed by atoms with Crippen LogP contribution in [0.3, 0.4) is 0 Å². The van der Waals surface area contributed by atoms with Gasteiger partial charge in [-0.05, 0) is 6.07 Å². The first-order valence-corrected chi connectivity index (χ1v) is 9.82. The second-order valence-electron chi connectivity index (χ2n) is 6.63. The van der Waals surface area contributed by atoms with Gasteiger partial charge in [0.25, 0.3) is 0 Å². The predicted octanol–water partition coefficient (Wildman–Crippen LogP) is 1.84. The molecule has 1 aliphatic heterocycles. The van der Waals surface area contributed by atoms with E-state index >= 15 is 0 Å². The molecule has 2 amide bonds. The summed E-state index contributed by atoms with van der Waals surface area (Å²) in [5.41, 5.74) is 2.39. The summed E-state index contributed by atoms with van der Waals surface area (Å²) in [6.07, 6.45) is 9.54. The highest BCUT2D eigenvalue weighted by atomic mass is 35.5. The number of pyridine rings is 1. The van der Waals surface area contributed by atoms with Crippen LogP contribution < -0.4 is 15.5 Å². The van der Waals surface area contributed by atoms with Gasteiger partial charge in [0.15, 0.2) is 11.5 Å². The number of carbonyl (C=O) groups is 1. The van der Waals surface area contributed by atoms with Crippen molar-refractivity contribution in [3.63, 3.8) is 0 Å². The van der Waals surface area contributed by atoms with Crippen LogP contribution in [-0.2, 0) is 4.74 Å². The Morgan fingerprint density at radius 3 is 2.61 bits per heavy atom. The number of nitrogens with one attached hydrogen (secondary N) is 2. The lowest BCUT2D eigenvalue weighted by Crippen LogP contribution is -2.37. The third kappa shape index (κ3) is 3.85. The van der Waals surface area contributed by atoms with Crippen molar-refractivity contribution in [1.29, 1.82) is 0 Å². The van der Waals surface area contributed by atoms with Crippen LogP contribution in [-0.4, -0.2) is 66.9 Å². The molecule has 2 N–H and O–H groups in total. The van der Waals surface area contributed by atoms with Crippen molar-refractivity contribution < 1.29 is 9.53 Å². The Balaban J connectivity index is 1.37. The van der Waals surface area contributed by atoms with Crippen LogP contribution in [0.2, 0.25) is 5.02 Å². The number of ether oxygens (including phenoxy) is 1. The number of hydrogen-bond donors (Lipinski definition) is 2. The van der Waals surface area contributed by atoms with E-state index in [2.05, 4.69) is 40.8 Å². The topological polar surface area (TPSA) is 127 Å². The molecule has 158 valence electrons. The SMILES string of the molecule is O=C(Nc1cnc(-n2nccn2)c(Cl)c1)Nc1cnn2ccnc2c1N1CCOCC1. The number of aromatic nitrogens is 7. The lowest BCUT2D eigenvalue weighted by Gasteiger charge is -2.30. The van der Waals surface area contributed by atoms with E-state index in [9.17, 15) is 4.79 Å². The molecule has 13 heteroatoms. The number of rotatable bonds is 4. The maximum atomic E-state index is 12.7. The summed E-state index contributed by atoms with van der Waals surface area (Å²) in [7, 11) is 0. The van der Waals surface area contributed by atoms with Gasteiger partial charge in [-0.25, -0.2) is 19.3 Å². The molecule has 0 aliphatic carbocycles. The Morgan fingerprint density at radius 2 is 1.84 bits per heavy atom. The quantitative estimate of drug-likeness (QED) is 0.492. The minimum atomic E-state index is -0.463. The third-order valence-electron chi connectivity index (χ3n) is 4.66. The zero-order valence-corrected chi connectivity index (χ0v) is 16.9. The number of hydrogen-bond acceptors (Lipinski definition) is 8. The molecule has 0 saturated carbocycles. The predicted molar refractivity (Wildman–Crippen MR) is 113 cm³/mol. The van der Waals surface area contributed by atoms with Crippen LogP contribution >= 0.6 is 11.6 Å². The van der Waals surface area contributed by atoms with E-state index in [4.69, 9.17) is 16.3 Å². The van der Waals surface area contributed by atoms with Gasteiger partial charge in [-0.3, -0.25) is 0 Å². The molecule has 0 spiro atoms. The van der Waals surface area contributed by atoms with Crippen LogP contribution in [0.1, 0.15) is 0 Å². The van der Waals surface area contributed by atoms with Gasteiger partial charge in [0.1, 0.15) is 5.69 Å². The molecular weight excluding hydrogens is 424 g/mol. The van der Waals surface area contributed by atoms with Crippen molar-refractivity contribution in [2.45, 2.75) is 0 Å². The van der Waals surface area contributed by atoms with Gasteiger partial charge in [-0.15, -0.1) is 4.80 Å². The molecule has 5 heterocycles. The Labute approximate surface area is 180 Å². The van der Waals surface area contributed by atoms with Crippen molar-refractivity contribution in [3.8, 4) is 5.82 Å². The number of nitrogens with zero attached hydrogens (tertiary/aromatic N) is 8. The number of urea groups is 1. The van der Waals surface area contributed by atoms with E-state index in [0.29, 0.717) is 54.2 Å². The van der Waals surface area contributed by atoms with Crippen LogP contribution in [0.5, 0.6) is 0 Å². The monoisotopic (exact) mass is 440 g/mol. The second kappa shape index (κ2) is 8.16. The van der Waals surface area contributed by atoms with E-state index in [1.54, 1.807) is 29.2 Å². The number of anilines is 3. The van der Waals surface area contributed by atoms with Gasteiger partial charge in [0, 0.05) is 25.5 Å². The maximum Gasteiger partial charge on any atom is 0.323 e.